The van der Waals surface area contributed by atoms with Crippen LogP contribution in [0.25, 0.3) is 33.0 Å². The molecule has 0 heterocycles. The summed E-state index contributed by atoms with van der Waals surface area (Å²) in [7, 11) is 0. The van der Waals surface area contributed by atoms with Gasteiger partial charge < -0.3 is 5.32 Å². The summed E-state index contributed by atoms with van der Waals surface area (Å²) < 4.78 is 0. The zero-order valence-electron chi connectivity index (χ0n) is 16.0. The first kappa shape index (κ1) is 17.3. The highest BCUT2D eigenvalue weighted by molar-refractivity contribution is 5.97. The summed E-state index contributed by atoms with van der Waals surface area (Å²) in [6.07, 6.45) is 0. The maximum Gasteiger partial charge on any atom is 0.0384 e. The summed E-state index contributed by atoms with van der Waals surface area (Å²) in [5.41, 5.74) is 7.13. The lowest BCUT2D eigenvalue weighted by Gasteiger charge is -2.10. The molecule has 29 heavy (non-hydrogen) atoms. The molecule has 0 bridgehead atoms. The number of nitrogens with one attached hydrogen (secondary N) is 1. The van der Waals surface area contributed by atoms with Crippen LogP contribution in [0.15, 0.2) is 121 Å². The first-order chi connectivity index (χ1) is 14.4. The van der Waals surface area contributed by atoms with Crippen LogP contribution in [-0.4, -0.2) is 0 Å². The third-order valence-electron chi connectivity index (χ3n) is 5.24. The molecule has 0 saturated carbocycles. The number of fused-ring (bicyclic) bond motifs is 1. The fraction of sp³-hybridized carbons (Fsp3) is 0. The molecule has 0 aliphatic carbocycles. The van der Waals surface area contributed by atoms with Crippen molar-refractivity contribution in [3.05, 3.63) is 121 Å². The third kappa shape index (κ3) is 3.63. The van der Waals surface area contributed by atoms with E-state index < -0.39 is 0 Å². The van der Waals surface area contributed by atoms with Gasteiger partial charge in [-0.15, -0.1) is 0 Å². The molecule has 0 radical (unpaired) electrons. The van der Waals surface area contributed by atoms with Gasteiger partial charge in [-0.3, -0.25) is 0 Å². The van der Waals surface area contributed by atoms with Gasteiger partial charge in [0, 0.05) is 11.4 Å². The van der Waals surface area contributed by atoms with Crippen LogP contribution < -0.4 is 5.32 Å². The Balaban J connectivity index is 1.47. The first-order valence-corrected chi connectivity index (χ1v) is 9.87. The van der Waals surface area contributed by atoms with Gasteiger partial charge >= 0.3 is 0 Å². The van der Waals surface area contributed by atoms with Crippen LogP contribution in [0.1, 0.15) is 0 Å². The Morgan fingerprint density at radius 1 is 0.414 bits per heavy atom. The van der Waals surface area contributed by atoms with Gasteiger partial charge in [0.1, 0.15) is 0 Å². The summed E-state index contributed by atoms with van der Waals surface area (Å²) in [6.45, 7) is 0. The zero-order chi connectivity index (χ0) is 19.5. The highest BCUT2D eigenvalue weighted by atomic mass is 14.9. The monoisotopic (exact) mass is 371 g/mol. The molecule has 0 aliphatic rings. The van der Waals surface area contributed by atoms with Gasteiger partial charge in [-0.05, 0) is 63.4 Å². The number of hydrogen-bond donors (Lipinski definition) is 1. The van der Waals surface area contributed by atoms with Gasteiger partial charge in [0.2, 0.25) is 0 Å². The minimum atomic E-state index is 1.09. The number of benzene rings is 5. The van der Waals surface area contributed by atoms with E-state index >= 15 is 0 Å². The standard InChI is InChI=1S/C28H21N/c1-2-12-25(13-3-1)29-26-18-16-21(17-19-26)23-10-6-11-24(20-23)28-15-7-9-22-8-4-5-14-27(22)28/h1-20,29H. The Bertz CT molecular complexity index is 1250. The second-order valence-corrected chi connectivity index (χ2v) is 7.18. The van der Waals surface area contributed by atoms with E-state index in [1.165, 1.54) is 33.0 Å². The van der Waals surface area contributed by atoms with Crippen molar-refractivity contribution in [2.75, 3.05) is 5.32 Å². The van der Waals surface area contributed by atoms with Gasteiger partial charge in [-0.2, -0.15) is 0 Å². The molecule has 0 unspecified atom stereocenters. The lowest BCUT2D eigenvalue weighted by molar-refractivity contribution is 1.54. The average Bonchev–Trinajstić information content (AvgIpc) is 2.80. The number of anilines is 2. The van der Waals surface area contributed by atoms with E-state index in [1.807, 2.05) is 18.2 Å². The van der Waals surface area contributed by atoms with E-state index in [2.05, 4.69) is 108 Å². The van der Waals surface area contributed by atoms with Gasteiger partial charge in [0.25, 0.3) is 0 Å². The molecule has 0 aromatic heterocycles. The molecule has 0 amide bonds. The van der Waals surface area contributed by atoms with Crippen LogP contribution in [-0.2, 0) is 0 Å². The maximum atomic E-state index is 3.44. The van der Waals surface area contributed by atoms with E-state index in [1.54, 1.807) is 0 Å². The van der Waals surface area contributed by atoms with Crippen molar-refractivity contribution >= 4 is 22.1 Å². The van der Waals surface area contributed by atoms with E-state index in [9.17, 15) is 0 Å². The fourth-order valence-corrected chi connectivity index (χ4v) is 3.78. The Labute approximate surface area is 171 Å². The van der Waals surface area contributed by atoms with Crippen molar-refractivity contribution in [2.24, 2.45) is 0 Å². The average molecular weight is 371 g/mol. The van der Waals surface area contributed by atoms with E-state index in [0.29, 0.717) is 0 Å². The fourth-order valence-electron chi connectivity index (χ4n) is 3.78. The Hall–Kier alpha value is -3.84. The second kappa shape index (κ2) is 7.65. The zero-order valence-corrected chi connectivity index (χ0v) is 16.0. The smallest absolute Gasteiger partial charge is 0.0384 e. The quantitative estimate of drug-likeness (QED) is 0.338. The molecule has 0 spiro atoms. The number of para-hydroxylation sites is 1. The molecule has 0 aliphatic heterocycles. The van der Waals surface area contributed by atoms with Crippen LogP contribution in [0.2, 0.25) is 0 Å². The van der Waals surface area contributed by atoms with Crippen LogP contribution in [0.3, 0.4) is 0 Å². The highest BCUT2D eigenvalue weighted by Gasteiger charge is 2.05. The normalized spacial score (nSPS) is 10.8. The van der Waals surface area contributed by atoms with Crippen LogP contribution in [0.5, 0.6) is 0 Å². The molecule has 0 saturated heterocycles. The molecule has 5 rings (SSSR count). The number of hydrogen-bond acceptors (Lipinski definition) is 1. The van der Waals surface area contributed by atoms with E-state index in [4.69, 9.17) is 0 Å². The third-order valence-corrected chi connectivity index (χ3v) is 5.24. The Kier molecular flexibility index (Phi) is 4.56. The Morgan fingerprint density at radius 3 is 1.93 bits per heavy atom. The lowest BCUT2D eigenvalue weighted by atomic mass is 9.95. The van der Waals surface area contributed by atoms with Crippen molar-refractivity contribution in [1.29, 1.82) is 0 Å². The predicted octanol–water partition coefficient (Wildman–Crippen LogP) is 7.92. The summed E-state index contributed by atoms with van der Waals surface area (Å²) in [5.74, 6) is 0. The van der Waals surface area contributed by atoms with Crippen molar-refractivity contribution < 1.29 is 0 Å². The first-order valence-electron chi connectivity index (χ1n) is 9.87. The summed E-state index contributed by atoms with van der Waals surface area (Å²) in [4.78, 5) is 0. The predicted molar refractivity (Wildman–Crippen MR) is 125 cm³/mol. The molecule has 0 fully saturated rings. The molecule has 5 aromatic carbocycles. The van der Waals surface area contributed by atoms with Crippen molar-refractivity contribution in [3.63, 3.8) is 0 Å². The van der Waals surface area contributed by atoms with Crippen molar-refractivity contribution in [3.8, 4) is 22.3 Å². The SMILES string of the molecule is c1ccc(Nc2ccc(-c3cccc(-c4cccc5ccccc45)c3)cc2)cc1. The van der Waals surface area contributed by atoms with Crippen molar-refractivity contribution in [1.82, 2.24) is 0 Å². The molecule has 1 heteroatoms. The minimum Gasteiger partial charge on any atom is -0.356 e. The summed E-state index contributed by atoms with van der Waals surface area (Å²) >= 11 is 0. The van der Waals surface area contributed by atoms with Gasteiger partial charge in [-0.1, -0.05) is 91.0 Å². The Morgan fingerprint density at radius 2 is 1.07 bits per heavy atom. The van der Waals surface area contributed by atoms with Gasteiger partial charge in [0.05, 0.1) is 0 Å². The molecular formula is C28H21N. The van der Waals surface area contributed by atoms with Crippen LogP contribution >= 0.6 is 0 Å². The minimum absolute atomic E-state index is 1.09. The molecular weight excluding hydrogens is 350 g/mol. The molecule has 1 nitrogen and oxygen atoms in total. The lowest BCUT2D eigenvalue weighted by Crippen LogP contribution is -1.89. The molecule has 138 valence electrons. The largest absolute Gasteiger partial charge is 0.356 e. The second-order valence-electron chi connectivity index (χ2n) is 7.18. The van der Waals surface area contributed by atoms with Gasteiger partial charge in [-0.25, -0.2) is 0 Å². The van der Waals surface area contributed by atoms with E-state index in [0.717, 1.165) is 11.4 Å². The van der Waals surface area contributed by atoms with Crippen LogP contribution in [0.4, 0.5) is 11.4 Å². The van der Waals surface area contributed by atoms with Crippen LogP contribution in [0, 0.1) is 0 Å². The number of rotatable bonds is 4. The molecule has 1 N–H and O–H groups in total. The molecule has 5 aromatic rings. The molecule has 0 atom stereocenters. The van der Waals surface area contributed by atoms with Gasteiger partial charge in [0.15, 0.2) is 0 Å². The van der Waals surface area contributed by atoms with E-state index in [-0.39, 0.29) is 0 Å². The summed E-state index contributed by atoms with van der Waals surface area (Å²) in [5, 5.41) is 6.00. The highest BCUT2D eigenvalue weighted by Crippen LogP contribution is 2.32. The maximum absolute atomic E-state index is 3.44. The summed E-state index contributed by atoms with van der Waals surface area (Å²) in [6, 6.07) is 42.7. The topological polar surface area (TPSA) is 12.0 Å². The van der Waals surface area contributed by atoms with Crippen molar-refractivity contribution in [2.45, 2.75) is 0 Å².